The van der Waals surface area contributed by atoms with Gasteiger partial charge in [0.25, 0.3) is 5.91 Å². The van der Waals surface area contributed by atoms with Gasteiger partial charge in [0.15, 0.2) is 0 Å². The first-order valence-corrected chi connectivity index (χ1v) is 13.4. The molecule has 0 spiro atoms. The van der Waals surface area contributed by atoms with Crippen molar-refractivity contribution < 1.29 is 14.3 Å². The van der Waals surface area contributed by atoms with Gasteiger partial charge in [0, 0.05) is 17.0 Å². The number of halogens is 1. The number of nitrogens with one attached hydrogen (secondary N) is 2. The number of benzene rings is 4. The lowest BCUT2D eigenvalue weighted by Gasteiger charge is -2.24. The summed E-state index contributed by atoms with van der Waals surface area (Å²) in [6.45, 7) is 2.04. The maximum Gasteiger partial charge on any atom is 0.251 e. The lowest BCUT2D eigenvalue weighted by Crippen LogP contribution is -2.52. The molecule has 2 amide bonds. The molecular formula is C33H30ClN3O3. The molecule has 40 heavy (non-hydrogen) atoms. The fraction of sp³-hybridized carbons (Fsp3) is 0.182. The lowest BCUT2D eigenvalue weighted by molar-refractivity contribution is -0.124. The van der Waals surface area contributed by atoms with Gasteiger partial charge >= 0.3 is 0 Å². The van der Waals surface area contributed by atoms with Crippen LogP contribution < -0.4 is 10.6 Å². The van der Waals surface area contributed by atoms with Crippen LogP contribution >= 0.6 is 11.6 Å². The van der Waals surface area contributed by atoms with E-state index in [2.05, 4.69) is 16.7 Å². The monoisotopic (exact) mass is 551 g/mol. The van der Waals surface area contributed by atoms with E-state index in [0.29, 0.717) is 17.2 Å². The molecule has 0 aromatic heterocycles. The van der Waals surface area contributed by atoms with Crippen LogP contribution in [0.4, 0.5) is 0 Å². The maximum atomic E-state index is 13.4. The summed E-state index contributed by atoms with van der Waals surface area (Å²) in [5, 5.41) is 15.9. The highest BCUT2D eigenvalue weighted by molar-refractivity contribution is 6.30. The van der Waals surface area contributed by atoms with Crippen LogP contribution in [0.2, 0.25) is 5.02 Å². The normalized spacial score (nSPS) is 12.9. The summed E-state index contributed by atoms with van der Waals surface area (Å²) in [4.78, 5) is 26.6. The number of carbonyl (C=O) groups is 2. The van der Waals surface area contributed by atoms with Gasteiger partial charge in [0.2, 0.25) is 5.91 Å². The van der Waals surface area contributed by atoms with Crippen LogP contribution in [0, 0.1) is 11.3 Å². The largest absolute Gasteiger partial charge is 0.371 e. The molecule has 0 fully saturated rings. The van der Waals surface area contributed by atoms with Gasteiger partial charge in [-0.25, -0.2) is 0 Å². The number of amides is 2. The van der Waals surface area contributed by atoms with Crippen LogP contribution in [0.25, 0.3) is 11.1 Å². The van der Waals surface area contributed by atoms with E-state index in [1.54, 1.807) is 37.3 Å². The molecule has 0 heterocycles. The van der Waals surface area contributed by atoms with Gasteiger partial charge in [-0.2, -0.15) is 5.26 Å². The number of carbonyl (C=O) groups excluding carboxylic acids is 2. The predicted molar refractivity (Wildman–Crippen MR) is 157 cm³/mol. The van der Waals surface area contributed by atoms with Crippen LogP contribution in [0.15, 0.2) is 109 Å². The third kappa shape index (κ3) is 8.03. The molecule has 0 aliphatic heterocycles. The molecule has 202 valence electrons. The Kier molecular flexibility index (Phi) is 10.1. The molecule has 0 bridgehead atoms. The van der Waals surface area contributed by atoms with E-state index in [9.17, 15) is 14.9 Å². The fourth-order valence-electron chi connectivity index (χ4n) is 4.20. The summed E-state index contributed by atoms with van der Waals surface area (Å²) in [5.74, 6) is -0.889. The molecule has 4 aromatic rings. The predicted octanol–water partition coefficient (Wildman–Crippen LogP) is 5.96. The molecule has 0 saturated heterocycles. The highest BCUT2D eigenvalue weighted by atomic mass is 35.5. The molecule has 4 aromatic carbocycles. The first kappa shape index (κ1) is 28.6. The van der Waals surface area contributed by atoms with Crippen molar-refractivity contribution >= 4 is 23.4 Å². The van der Waals surface area contributed by atoms with Gasteiger partial charge in [-0.3, -0.25) is 9.59 Å². The summed E-state index contributed by atoms with van der Waals surface area (Å²) in [7, 11) is 0. The summed E-state index contributed by atoms with van der Waals surface area (Å²) in [6, 6.07) is 34.0. The average Bonchev–Trinajstić information content (AvgIpc) is 2.99. The molecule has 3 atom stereocenters. The van der Waals surface area contributed by atoms with Gasteiger partial charge in [0.05, 0.1) is 18.8 Å². The number of ether oxygens (including phenoxy) is 1. The molecule has 0 aliphatic carbocycles. The summed E-state index contributed by atoms with van der Waals surface area (Å²) >= 11 is 6.16. The van der Waals surface area contributed by atoms with Crippen molar-refractivity contribution in [1.82, 2.24) is 10.6 Å². The van der Waals surface area contributed by atoms with Gasteiger partial charge in [-0.05, 0) is 53.4 Å². The first-order chi connectivity index (χ1) is 19.4. The first-order valence-electron chi connectivity index (χ1n) is 13.0. The molecule has 0 unspecified atom stereocenters. The lowest BCUT2D eigenvalue weighted by atomic mass is 10.0. The van der Waals surface area contributed by atoms with Crippen LogP contribution in [0.5, 0.6) is 0 Å². The van der Waals surface area contributed by atoms with Crippen LogP contribution in [-0.4, -0.2) is 30.0 Å². The Balaban J connectivity index is 1.46. The smallest absolute Gasteiger partial charge is 0.251 e. The van der Waals surface area contributed by atoms with Gasteiger partial charge in [-0.1, -0.05) is 96.5 Å². The quantitative estimate of drug-likeness (QED) is 0.240. The number of nitriles is 1. The Labute approximate surface area is 239 Å². The second-order valence-corrected chi connectivity index (χ2v) is 9.86. The van der Waals surface area contributed by atoms with E-state index < -0.39 is 30.0 Å². The molecule has 7 heteroatoms. The second-order valence-electron chi connectivity index (χ2n) is 9.42. The zero-order valence-corrected chi connectivity index (χ0v) is 22.8. The van der Waals surface area contributed by atoms with E-state index in [-0.39, 0.29) is 6.42 Å². The SMILES string of the molecule is C[C@@H](OCc1ccccc1)[C@@H](C#N)NC(=O)[C@H](Cc1cccc(Cl)c1)NC(=O)c1ccc(-c2ccccc2)cc1. The fourth-order valence-corrected chi connectivity index (χ4v) is 4.41. The number of rotatable bonds is 11. The van der Waals surface area contributed by atoms with E-state index >= 15 is 0 Å². The van der Waals surface area contributed by atoms with Crippen molar-refractivity contribution in [3.63, 3.8) is 0 Å². The minimum absolute atomic E-state index is 0.192. The van der Waals surface area contributed by atoms with Crippen LogP contribution in [0.1, 0.15) is 28.4 Å². The topological polar surface area (TPSA) is 91.2 Å². The van der Waals surface area contributed by atoms with Crippen molar-refractivity contribution in [2.45, 2.75) is 38.1 Å². The van der Waals surface area contributed by atoms with E-state index in [0.717, 1.165) is 22.3 Å². The van der Waals surface area contributed by atoms with Crippen molar-refractivity contribution in [3.8, 4) is 17.2 Å². The Hall–Kier alpha value is -4.44. The molecule has 0 saturated carbocycles. The molecule has 0 radical (unpaired) electrons. The van der Waals surface area contributed by atoms with E-state index in [4.69, 9.17) is 16.3 Å². The van der Waals surface area contributed by atoms with Crippen LogP contribution in [0.3, 0.4) is 0 Å². The highest BCUT2D eigenvalue weighted by Crippen LogP contribution is 2.19. The van der Waals surface area contributed by atoms with E-state index in [1.807, 2.05) is 78.9 Å². The van der Waals surface area contributed by atoms with Gasteiger partial charge in [-0.15, -0.1) is 0 Å². The maximum absolute atomic E-state index is 13.4. The molecule has 6 nitrogen and oxygen atoms in total. The van der Waals surface area contributed by atoms with Crippen molar-refractivity contribution in [2.75, 3.05) is 0 Å². The minimum atomic E-state index is -0.947. The minimum Gasteiger partial charge on any atom is -0.371 e. The highest BCUT2D eigenvalue weighted by Gasteiger charge is 2.27. The molecule has 4 rings (SSSR count). The van der Waals surface area contributed by atoms with E-state index in [1.165, 1.54) is 0 Å². The standard InChI is InChI=1S/C33H30ClN3O3/c1-23(40-22-24-9-4-2-5-10-24)31(21-35)37-33(39)30(20-25-11-8-14-29(34)19-25)36-32(38)28-17-15-27(16-18-28)26-12-6-3-7-13-26/h2-19,23,30-31H,20,22H2,1H3,(H,36,38)(H,37,39)/t23-,30+,31-/m1/s1. The third-order valence-corrected chi connectivity index (χ3v) is 6.70. The van der Waals surface area contributed by atoms with Crippen LogP contribution in [-0.2, 0) is 22.6 Å². The van der Waals surface area contributed by atoms with Crippen molar-refractivity contribution in [2.24, 2.45) is 0 Å². The zero-order chi connectivity index (χ0) is 28.3. The summed E-state index contributed by atoms with van der Waals surface area (Å²) < 4.78 is 5.85. The van der Waals surface area contributed by atoms with Gasteiger partial charge in [0.1, 0.15) is 12.1 Å². The molecule has 2 N–H and O–H groups in total. The number of hydrogen-bond donors (Lipinski definition) is 2. The Bertz CT molecular complexity index is 1450. The molecular weight excluding hydrogens is 522 g/mol. The van der Waals surface area contributed by atoms with Gasteiger partial charge < -0.3 is 15.4 Å². The number of nitrogens with zero attached hydrogens (tertiary/aromatic N) is 1. The molecule has 0 aliphatic rings. The van der Waals surface area contributed by atoms with Crippen molar-refractivity contribution in [1.29, 1.82) is 5.26 Å². The Morgan fingerprint density at radius 2 is 1.45 bits per heavy atom. The number of hydrogen-bond acceptors (Lipinski definition) is 4. The second kappa shape index (κ2) is 14.1. The summed E-state index contributed by atoms with van der Waals surface area (Å²) in [6.07, 6.45) is -0.389. The summed E-state index contributed by atoms with van der Waals surface area (Å²) in [5.41, 5.74) is 4.17. The Morgan fingerprint density at radius 3 is 2.10 bits per heavy atom. The van der Waals surface area contributed by atoms with Crippen molar-refractivity contribution in [3.05, 3.63) is 131 Å². The Morgan fingerprint density at radius 1 is 0.825 bits per heavy atom. The third-order valence-electron chi connectivity index (χ3n) is 6.47. The average molecular weight is 552 g/mol. The zero-order valence-electron chi connectivity index (χ0n) is 22.1.